The first-order valence-corrected chi connectivity index (χ1v) is 6.25. The van der Waals surface area contributed by atoms with E-state index >= 15 is 0 Å². The van der Waals surface area contributed by atoms with Gasteiger partial charge in [0.15, 0.2) is 0 Å². The van der Waals surface area contributed by atoms with Gasteiger partial charge in [-0.15, -0.1) is 0 Å². The second kappa shape index (κ2) is 5.57. The zero-order chi connectivity index (χ0) is 13.8. The fourth-order valence-corrected chi connectivity index (χ4v) is 1.85. The predicted molar refractivity (Wildman–Crippen MR) is 79.8 cm³/mol. The molecule has 98 valence electrons. The van der Waals surface area contributed by atoms with Crippen molar-refractivity contribution in [2.75, 3.05) is 17.3 Å². The molecular weight excluding hydrogens is 236 g/mol. The Morgan fingerprint density at radius 1 is 1.00 bits per heavy atom. The fourth-order valence-electron chi connectivity index (χ4n) is 1.85. The van der Waals surface area contributed by atoms with Crippen LogP contribution in [0.4, 0.5) is 16.2 Å². The Morgan fingerprint density at radius 3 is 2.37 bits per heavy atom. The summed E-state index contributed by atoms with van der Waals surface area (Å²) in [5.74, 6) is 0. The Morgan fingerprint density at radius 2 is 1.68 bits per heavy atom. The number of aryl methyl sites for hydroxylation is 1. The minimum absolute atomic E-state index is 0.139. The van der Waals surface area contributed by atoms with Gasteiger partial charge in [-0.05, 0) is 43.2 Å². The van der Waals surface area contributed by atoms with E-state index in [-0.39, 0.29) is 6.03 Å². The number of carbonyl (C=O) groups excluding carboxylic acids is 1. The third-order valence-corrected chi connectivity index (χ3v) is 3.29. The molecule has 2 rings (SSSR count). The molecule has 0 spiro atoms. The van der Waals surface area contributed by atoms with E-state index in [1.54, 1.807) is 11.9 Å². The highest BCUT2D eigenvalue weighted by atomic mass is 16.2. The second-order valence-corrected chi connectivity index (χ2v) is 4.57. The molecular formula is C16H18N2O. The lowest BCUT2D eigenvalue weighted by molar-refractivity contribution is 0.258. The topological polar surface area (TPSA) is 32.3 Å². The number of hydrogen-bond donors (Lipinski definition) is 1. The number of nitrogens with one attached hydrogen (secondary N) is 1. The first-order valence-electron chi connectivity index (χ1n) is 6.25. The first kappa shape index (κ1) is 13.1. The molecule has 0 unspecified atom stereocenters. The van der Waals surface area contributed by atoms with E-state index in [1.807, 2.05) is 62.4 Å². The number of benzene rings is 2. The maximum Gasteiger partial charge on any atom is 0.326 e. The lowest BCUT2D eigenvalue weighted by atomic mass is 10.1. The van der Waals surface area contributed by atoms with Crippen molar-refractivity contribution in [1.82, 2.24) is 0 Å². The Kier molecular flexibility index (Phi) is 3.85. The van der Waals surface area contributed by atoms with Gasteiger partial charge in [-0.3, -0.25) is 4.90 Å². The molecule has 2 aromatic carbocycles. The van der Waals surface area contributed by atoms with E-state index in [2.05, 4.69) is 5.32 Å². The fraction of sp³-hybridized carbons (Fsp3) is 0.188. The average Bonchev–Trinajstić information content (AvgIpc) is 2.44. The van der Waals surface area contributed by atoms with Crippen LogP contribution in [0.5, 0.6) is 0 Å². The quantitative estimate of drug-likeness (QED) is 0.864. The van der Waals surface area contributed by atoms with Crippen molar-refractivity contribution in [2.24, 2.45) is 0 Å². The van der Waals surface area contributed by atoms with Gasteiger partial charge in [0.1, 0.15) is 0 Å². The summed E-state index contributed by atoms with van der Waals surface area (Å²) < 4.78 is 0. The third kappa shape index (κ3) is 2.94. The summed E-state index contributed by atoms with van der Waals surface area (Å²) in [4.78, 5) is 13.8. The van der Waals surface area contributed by atoms with Crippen LogP contribution in [0, 0.1) is 13.8 Å². The standard InChI is InChI=1S/C16H18N2O/c1-12-8-7-11-15(13(12)2)17-16(19)18(3)14-9-5-4-6-10-14/h4-11H,1-3H3,(H,17,19). The second-order valence-electron chi connectivity index (χ2n) is 4.57. The van der Waals surface area contributed by atoms with E-state index in [1.165, 1.54) is 5.56 Å². The summed E-state index contributed by atoms with van der Waals surface area (Å²) >= 11 is 0. The number of anilines is 2. The zero-order valence-corrected chi connectivity index (χ0v) is 11.5. The van der Waals surface area contributed by atoms with Crippen LogP contribution in [0.15, 0.2) is 48.5 Å². The van der Waals surface area contributed by atoms with Gasteiger partial charge in [-0.2, -0.15) is 0 Å². The van der Waals surface area contributed by atoms with E-state index in [0.717, 1.165) is 16.9 Å². The molecule has 3 nitrogen and oxygen atoms in total. The van der Waals surface area contributed by atoms with Crippen LogP contribution in [0.1, 0.15) is 11.1 Å². The number of nitrogens with zero attached hydrogens (tertiary/aromatic N) is 1. The molecule has 19 heavy (non-hydrogen) atoms. The molecule has 0 radical (unpaired) electrons. The SMILES string of the molecule is Cc1cccc(NC(=O)N(C)c2ccccc2)c1C. The van der Waals surface area contributed by atoms with Gasteiger partial charge in [0.25, 0.3) is 0 Å². The maximum atomic E-state index is 12.2. The molecule has 2 aromatic rings. The van der Waals surface area contributed by atoms with Crippen molar-refractivity contribution in [1.29, 1.82) is 0 Å². The lowest BCUT2D eigenvalue weighted by Crippen LogP contribution is -2.31. The molecule has 0 fully saturated rings. The van der Waals surface area contributed by atoms with Crippen molar-refractivity contribution in [2.45, 2.75) is 13.8 Å². The van der Waals surface area contributed by atoms with E-state index in [0.29, 0.717) is 0 Å². The molecule has 0 aliphatic carbocycles. The van der Waals surface area contributed by atoms with Crippen LogP contribution in [0.2, 0.25) is 0 Å². The van der Waals surface area contributed by atoms with Crippen LogP contribution < -0.4 is 10.2 Å². The molecule has 0 atom stereocenters. The Hall–Kier alpha value is -2.29. The Bertz CT molecular complexity index is 579. The maximum absolute atomic E-state index is 12.2. The first-order chi connectivity index (χ1) is 9.09. The van der Waals surface area contributed by atoms with Gasteiger partial charge in [0, 0.05) is 18.4 Å². The smallest absolute Gasteiger partial charge is 0.307 e. The zero-order valence-electron chi connectivity index (χ0n) is 11.5. The van der Waals surface area contributed by atoms with E-state index < -0.39 is 0 Å². The van der Waals surface area contributed by atoms with E-state index in [9.17, 15) is 4.79 Å². The third-order valence-electron chi connectivity index (χ3n) is 3.29. The van der Waals surface area contributed by atoms with Crippen molar-refractivity contribution >= 4 is 17.4 Å². The summed E-state index contributed by atoms with van der Waals surface area (Å²) in [7, 11) is 1.76. The molecule has 1 N–H and O–H groups in total. The normalized spacial score (nSPS) is 10.1. The molecule has 2 amide bonds. The van der Waals surface area contributed by atoms with Crippen molar-refractivity contribution < 1.29 is 4.79 Å². The highest BCUT2D eigenvalue weighted by Crippen LogP contribution is 2.19. The monoisotopic (exact) mass is 254 g/mol. The number of hydrogen-bond acceptors (Lipinski definition) is 1. The molecule has 0 aliphatic rings. The highest BCUT2D eigenvalue weighted by molar-refractivity contribution is 6.01. The molecule has 0 saturated heterocycles. The molecule has 0 aliphatic heterocycles. The summed E-state index contributed by atoms with van der Waals surface area (Å²) in [5.41, 5.74) is 3.98. The number of carbonyl (C=O) groups is 1. The number of rotatable bonds is 2. The molecule has 0 aromatic heterocycles. The van der Waals surface area contributed by atoms with Gasteiger partial charge in [-0.25, -0.2) is 4.79 Å². The highest BCUT2D eigenvalue weighted by Gasteiger charge is 2.11. The Labute approximate surface area is 113 Å². The number of amides is 2. The number of urea groups is 1. The number of para-hydroxylation sites is 1. The summed E-state index contributed by atoms with van der Waals surface area (Å²) in [6.45, 7) is 4.04. The summed E-state index contributed by atoms with van der Waals surface area (Å²) in [5, 5.41) is 2.94. The predicted octanol–water partition coefficient (Wildman–Crippen LogP) is 3.97. The minimum Gasteiger partial charge on any atom is -0.307 e. The molecule has 0 saturated carbocycles. The van der Waals surface area contributed by atoms with Gasteiger partial charge in [0.05, 0.1) is 0 Å². The molecule has 3 heteroatoms. The largest absolute Gasteiger partial charge is 0.326 e. The van der Waals surface area contributed by atoms with Crippen LogP contribution in [0.25, 0.3) is 0 Å². The van der Waals surface area contributed by atoms with Crippen molar-refractivity contribution in [3.8, 4) is 0 Å². The van der Waals surface area contributed by atoms with Crippen LogP contribution >= 0.6 is 0 Å². The summed E-state index contributed by atoms with van der Waals surface area (Å²) in [6.07, 6.45) is 0. The van der Waals surface area contributed by atoms with E-state index in [4.69, 9.17) is 0 Å². The van der Waals surface area contributed by atoms with Crippen LogP contribution in [0.3, 0.4) is 0 Å². The molecule has 0 bridgehead atoms. The molecule has 0 heterocycles. The minimum atomic E-state index is -0.139. The van der Waals surface area contributed by atoms with Crippen LogP contribution in [-0.2, 0) is 0 Å². The average molecular weight is 254 g/mol. The van der Waals surface area contributed by atoms with Crippen LogP contribution in [-0.4, -0.2) is 13.1 Å². The Balaban J connectivity index is 2.15. The van der Waals surface area contributed by atoms with Crippen molar-refractivity contribution in [3.05, 3.63) is 59.7 Å². The lowest BCUT2D eigenvalue weighted by Gasteiger charge is -2.19. The van der Waals surface area contributed by atoms with Gasteiger partial charge >= 0.3 is 6.03 Å². The summed E-state index contributed by atoms with van der Waals surface area (Å²) in [6, 6.07) is 15.3. The van der Waals surface area contributed by atoms with Gasteiger partial charge in [-0.1, -0.05) is 30.3 Å². The van der Waals surface area contributed by atoms with Gasteiger partial charge < -0.3 is 5.32 Å². The van der Waals surface area contributed by atoms with Gasteiger partial charge in [0.2, 0.25) is 0 Å². The van der Waals surface area contributed by atoms with Crippen molar-refractivity contribution in [3.63, 3.8) is 0 Å².